The van der Waals surface area contributed by atoms with E-state index < -0.39 is 5.82 Å². The first-order chi connectivity index (χ1) is 14.0. The van der Waals surface area contributed by atoms with E-state index in [4.69, 9.17) is 9.90 Å². The second kappa shape index (κ2) is 9.65. The van der Waals surface area contributed by atoms with Crippen LogP contribution in [0.15, 0.2) is 36.5 Å². The number of anilines is 1. The van der Waals surface area contributed by atoms with Crippen LogP contribution in [0.1, 0.15) is 18.4 Å². The summed E-state index contributed by atoms with van der Waals surface area (Å²) in [6.45, 7) is 3.92. The number of phenolic OH excluding ortho intramolecular Hbond substituents is 1. The number of carboxylic acid groups (broad SMARTS) is 1. The number of hydrogen-bond acceptors (Lipinski definition) is 5. The Morgan fingerprint density at radius 3 is 2.38 bits per heavy atom. The maximum atomic E-state index is 14.0. The van der Waals surface area contributed by atoms with Crippen molar-refractivity contribution in [2.75, 3.05) is 31.1 Å². The first-order valence-electron chi connectivity index (χ1n) is 9.65. The minimum absolute atomic E-state index is 0.0221. The Kier molecular flexibility index (Phi) is 6.98. The van der Waals surface area contributed by atoms with Gasteiger partial charge in [-0.3, -0.25) is 9.69 Å². The molecule has 8 heteroatoms. The molecule has 0 saturated carbocycles. The van der Waals surface area contributed by atoms with Gasteiger partial charge in [-0.15, -0.1) is 0 Å². The van der Waals surface area contributed by atoms with E-state index in [1.165, 1.54) is 18.2 Å². The summed E-state index contributed by atoms with van der Waals surface area (Å²) in [6, 6.07) is 7.30. The molecule has 0 bridgehead atoms. The molecule has 0 radical (unpaired) electrons. The van der Waals surface area contributed by atoms with Gasteiger partial charge in [0, 0.05) is 50.6 Å². The average Bonchev–Trinajstić information content (AvgIpc) is 2.97. The van der Waals surface area contributed by atoms with Crippen molar-refractivity contribution in [3.63, 3.8) is 0 Å². The number of fused-ring (bicyclic) bond motifs is 1. The molecule has 3 heterocycles. The number of hydrogen-bond donors (Lipinski definition) is 2. The van der Waals surface area contributed by atoms with Crippen molar-refractivity contribution in [2.24, 2.45) is 11.8 Å². The van der Waals surface area contributed by atoms with Gasteiger partial charge >= 0.3 is 0 Å². The molecule has 2 aliphatic rings. The van der Waals surface area contributed by atoms with E-state index >= 15 is 0 Å². The number of aromatic nitrogens is 1. The monoisotopic (exact) mass is 405 g/mol. The van der Waals surface area contributed by atoms with Crippen LogP contribution in [0, 0.1) is 23.5 Å². The Morgan fingerprint density at radius 1 is 1.14 bits per heavy atom. The van der Waals surface area contributed by atoms with Crippen molar-refractivity contribution in [1.29, 1.82) is 0 Å². The fourth-order valence-electron chi connectivity index (χ4n) is 4.31. The van der Waals surface area contributed by atoms with E-state index in [2.05, 4.69) is 14.8 Å². The number of carbonyl (C=O) groups is 1. The zero-order valence-electron chi connectivity index (χ0n) is 16.0. The lowest BCUT2D eigenvalue weighted by molar-refractivity contribution is -0.122. The van der Waals surface area contributed by atoms with Crippen LogP contribution >= 0.6 is 0 Å². The van der Waals surface area contributed by atoms with E-state index in [0.29, 0.717) is 24.2 Å². The van der Waals surface area contributed by atoms with Crippen LogP contribution in [-0.2, 0) is 11.3 Å². The predicted molar refractivity (Wildman–Crippen MR) is 105 cm³/mol. The Hall–Kier alpha value is -2.74. The minimum atomic E-state index is -0.417. The summed E-state index contributed by atoms with van der Waals surface area (Å²) >= 11 is 0. The molecular formula is C21H25F2N3O3. The Balaban J connectivity index is 0.000000755. The lowest BCUT2D eigenvalue weighted by Gasteiger charge is -2.23. The van der Waals surface area contributed by atoms with Crippen LogP contribution in [0.5, 0.6) is 5.75 Å². The molecule has 29 heavy (non-hydrogen) atoms. The highest BCUT2D eigenvalue weighted by atomic mass is 19.1. The zero-order valence-corrected chi connectivity index (χ0v) is 16.0. The summed E-state index contributed by atoms with van der Waals surface area (Å²) in [7, 11) is 0. The topological polar surface area (TPSA) is 76.9 Å². The maximum Gasteiger partial charge on any atom is 0.290 e. The zero-order chi connectivity index (χ0) is 20.8. The van der Waals surface area contributed by atoms with Crippen LogP contribution in [0.3, 0.4) is 0 Å². The summed E-state index contributed by atoms with van der Waals surface area (Å²) in [5.41, 5.74) is 0.764. The van der Waals surface area contributed by atoms with Crippen molar-refractivity contribution in [2.45, 2.75) is 19.4 Å². The lowest BCUT2D eigenvalue weighted by atomic mass is 9.92. The van der Waals surface area contributed by atoms with Gasteiger partial charge in [0.05, 0.1) is 0 Å². The second-order valence-corrected chi connectivity index (χ2v) is 7.47. The van der Waals surface area contributed by atoms with E-state index in [1.54, 1.807) is 18.3 Å². The molecule has 2 aromatic rings. The number of aromatic hydroxyl groups is 1. The first-order valence-corrected chi connectivity index (χ1v) is 9.65. The molecule has 2 N–H and O–H groups in total. The summed E-state index contributed by atoms with van der Waals surface area (Å²) in [5, 5.41) is 16.8. The minimum Gasteiger partial charge on any atom is -0.508 e. The molecule has 0 amide bonds. The van der Waals surface area contributed by atoms with Gasteiger partial charge in [0.25, 0.3) is 6.47 Å². The largest absolute Gasteiger partial charge is 0.508 e. The number of benzene rings is 1. The van der Waals surface area contributed by atoms with Gasteiger partial charge in [-0.25, -0.2) is 13.8 Å². The Bertz CT molecular complexity index is 821. The number of nitrogens with zero attached hydrogens (tertiary/aromatic N) is 3. The Morgan fingerprint density at radius 2 is 1.79 bits per heavy atom. The van der Waals surface area contributed by atoms with Gasteiger partial charge in [0.1, 0.15) is 11.6 Å². The van der Waals surface area contributed by atoms with E-state index in [9.17, 15) is 13.9 Å². The molecular weight excluding hydrogens is 380 g/mol. The van der Waals surface area contributed by atoms with Gasteiger partial charge in [0.15, 0.2) is 11.6 Å². The summed E-state index contributed by atoms with van der Waals surface area (Å²) in [5.74, 6) is 0.936. The van der Waals surface area contributed by atoms with Gasteiger partial charge < -0.3 is 15.1 Å². The predicted octanol–water partition coefficient (Wildman–Crippen LogP) is 3.11. The van der Waals surface area contributed by atoms with Gasteiger partial charge in [-0.1, -0.05) is 6.07 Å². The first kappa shape index (κ1) is 21.0. The van der Waals surface area contributed by atoms with Crippen LogP contribution in [0.25, 0.3) is 0 Å². The molecule has 156 valence electrons. The van der Waals surface area contributed by atoms with Gasteiger partial charge in [0.2, 0.25) is 0 Å². The highest BCUT2D eigenvalue weighted by molar-refractivity contribution is 5.39. The van der Waals surface area contributed by atoms with Gasteiger partial charge in [-0.2, -0.15) is 0 Å². The average molecular weight is 405 g/mol. The van der Waals surface area contributed by atoms with Crippen molar-refractivity contribution >= 4 is 12.3 Å². The number of halogens is 2. The molecule has 0 unspecified atom stereocenters. The molecule has 0 spiro atoms. The van der Waals surface area contributed by atoms with Crippen LogP contribution in [-0.4, -0.2) is 52.7 Å². The van der Waals surface area contributed by atoms with Crippen molar-refractivity contribution in [1.82, 2.24) is 9.88 Å². The van der Waals surface area contributed by atoms with Crippen molar-refractivity contribution in [3.8, 4) is 5.75 Å². The van der Waals surface area contributed by atoms with Crippen LogP contribution in [0.4, 0.5) is 14.6 Å². The number of pyridine rings is 1. The highest BCUT2D eigenvalue weighted by Gasteiger charge is 2.35. The van der Waals surface area contributed by atoms with Crippen molar-refractivity contribution in [3.05, 3.63) is 53.7 Å². The number of phenols is 1. The third-order valence-corrected chi connectivity index (χ3v) is 5.67. The fourth-order valence-corrected chi connectivity index (χ4v) is 4.31. The number of rotatable bonds is 3. The van der Waals surface area contributed by atoms with E-state index in [-0.39, 0.29) is 18.0 Å². The normalized spacial score (nSPS) is 21.7. The highest BCUT2D eigenvalue weighted by Crippen LogP contribution is 2.34. The molecule has 2 atom stereocenters. The van der Waals surface area contributed by atoms with E-state index in [0.717, 1.165) is 44.6 Å². The van der Waals surface area contributed by atoms with E-state index in [1.807, 2.05) is 0 Å². The third kappa shape index (κ3) is 5.20. The summed E-state index contributed by atoms with van der Waals surface area (Å²) < 4.78 is 27.1. The molecule has 2 saturated heterocycles. The number of likely N-dealkylation sites (tertiary alicyclic amines) is 1. The van der Waals surface area contributed by atoms with Crippen molar-refractivity contribution < 1.29 is 23.8 Å². The quantitative estimate of drug-likeness (QED) is 0.765. The fraction of sp³-hybridized carbons (Fsp3) is 0.429. The molecule has 1 aromatic carbocycles. The molecule has 4 rings (SSSR count). The SMILES string of the molecule is O=CO.Oc1cc(F)ccc1CN1C[C@H]2CCN(c3ncccc3F)CC[C@H]2C1. The lowest BCUT2D eigenvalue weighted by Crippen LogP contribution is -2.28. The molecule has 0 aliphatic carbocycles. The van der Waals surface area contributed by atoms with Crippen LogP contribution < -0.4 is 4.90 Å². The summed E-state index contributed by atoms with van der Waals surface area (Å²) in [4.78, 5) is 17.0. The molecule has 1 aromatic heterocycles. The smallest absolute Gasteiger partial charge is 0.290 e. The molecule has 2 aliphatic heterocycles. The maximum absolute atomic E-state index is 14.0. The van der Waals surface area contributed by atoms with Crippen LogP contribution in [0.2, 0.25) is 0 Å². The molecule has 2 fully saturated rings. The van der Waals surface area contributed by atoms with Gasteiger partial charge in [-0.05, 0) is 42.9 Å². The molecule has 6 nitrogen and oxygen atoms in total. The Labute approximate surface area is 168 Å². The summed E-state index contributed by atoms with van der Waals surface area (Å²) in [6.07, 6.45) is 3.65. The standard InChI is InChI=1S/C20H23F2N3O.CH2O2/c21-17-4-3-16(19(26)10-17)13-24-11-14-5-8-25(9-6-15(14)12-24)20-18(22)2-1-7-23-20;2-1-3/h1-4,7,10,14-15,26H,5-6,8-9,11-13H2;1H,(H,2,3)/t14-,15+;. The third-order valence-electron chi connectivity index (χ3n) is 5.67. The second-order valence-electron chi connectivity index (χ2n) is 7.47.